The van der Waals surface area contributed by atoms with Crippen molar-refractivity contribution in [2.24, 2.45) is 0 Å². The van der Waals surface area contributed by atoms with Gasteiger partial charge in [0.2, 0.25) is 5.89 Å². The molecule has 4 heteroatoms. The SMILES string of the molecule is COC1CCCCC1NC(C)c1ncc(C)o1. The predicted octanol–water partition coefficient (Wildman–Crippen LogP) is 2.59. The van der Waals surface area contributed by atoms with Crippen LogP contribution < -0.4 is 5.32 Å². The van der Waals surface area contributed by atoms with Crippen molar-refractivity contribution < 1.29 is 9.15 Å². The zero-order valence-corrected chi connectivity index (χ0v) is 10.9. The zero-order valence-electron chi connectivity index (χ0n) is 10.9. The Morgan fingerprint density at radius 1 is 1.47 bits per heavy atom. The third kappa shape index (κ3) is 3.07. The number of hydrogen-bond donors (Lipinski definition) is 1. The summed E-state index contributed by atoms with van der Waals surface area (Å²) in [6, 6.07) is 0.556. The van der Waals surface area contributed by atoms with Gasteiger partial charge in [-0.25, -0.2) is 4.98 Å². The van der Waals surface area contributed by atoms with Crippen molar-refractivity contribution in [2.45, 2.75) is 57.7 Å². The highest BCUT2D eigenvalue weighted by atomic mass is 16.5. The van der Waals surface area contributed by atoms with Crippen molar-refractivity contribution in [2.75, 3.05) is 7.11 Å². The summed E-state index contributed by atoms with van der Waals surface area (Å²) in [4.78, 5) is 4.26. The molecule has 3 unspecified atom stereocenters. The number of aromatic nitrogens is 1. The van der Waals surface area contributed by atoms with E-state index in [0.717, 1.165) is 18.1 Å². The summed E-state index contributed by atoms with van der Waals surface area (Å²) in [5.74, 6) is 1.63. The summed E-state index contributed by atoms with van der Waals surface area (Å²) in [5.41, 5.74) is 0. The van der Waals surface area contributed by atoms with Crippen molar-refractivity contribution in [3.63, 3.8) is 0 Å². The molecule has 4 nitrogen and oxygen atoms in total. The molecule has 3 atom stereocenters. The number of rotatable bonds is 4. The van der Waals surface area contributed by atoms with Gasteiger partial charge in [0, 0.05) is 13.2 Å². The average Bonchev–Trinajstić information content (AvgIpc) is 2.77. The van der Waals surface area contributed by atoms with E-state index in [2.05, 4.69) is 17.2 Å². The Hall–Kier alpha value is -0.870. The molecule has 0 bridgehead atoms. The van der Waals surface area contributed by atoms with E-state index in [-0.39, 0.29) is 6.04 Å². The van der Waals surface area contributed by atoms with Crippen LogP contribution in [0.5, 0.6) is 0 Å². The van der Waals surface area contributed by atoms with Crippen LogP contribution in [-0.4, -0.2) is 24.2 Å². The van der Waals surface area contributed by atoms with Gasteiger partial charge in [0.25, 0.3) is 0 Å². The largest absolute Gasteiger partial charge is 0.444 e. The fourth-order valence-corrected chi connectivity index (χ4v) is 2.53. The molecule has 1 saturated carbocycles. The minimum absolute atomic E-state index is 0.143. The van der Waals surface area contributed by atoms with Gasteiger partial charge in [-0.2, -0.15) is 0 Å². The summed E-state index contributed by atoms with van der Waals surface area (Å²) in [7, 11) is 1.80. The smallest absolute Gasteiger partial charge is 0.211 e. The molecular formula is C13H22N2O2. The lowest BCUT2D eigenvalue weighted by Gasteiger charge is -2.32. The van der Waals surface area contributed by atoms with E-state index in [1.54, 1.807) is 13.3 Å². The minimum Gasteiger partial charge on any atom is -0.444 e. The van der Waals surface area contributed by atoms with Crippen LogP contribution in [0, 0.1) is 6.92 Å². The maximum absolute atomic E-state index is 5.54. The fourth-order valence-electron chi connectivity index (χ4n) is 2.53. The first kappa shape index (κ1) is 12.6. The van der Waals surface area contributed by atoms with Gasteiger partial charge >= 0.3 is 0 Å². The third-order valence-corrected chi connectivity index (χ3v) is 3.48. The predicted molar refractivity (Wildman–Crippen MR) is 65.8 cm³/mol. The van der Waals surface area contributed by atoms with Crippen LogP contribution >= 0.6 is 0 Å². The number of nitrogens with one attached hydrogen (secondary N) is 1. The van der Waals surface area contributed by atoms with E-state index in [1.165, 1.54) is 19.3 Å². The van der Waals surface area contributed by atoms with Gasteiger partial charge in [-0.3, -0.25) is 0 Å². The zero-order chi connectivity index (χ0) is 12.3. The molecule has 0 aromatic carbocycles. The molecule has 0 spiro atoms. The average molecular weight is 238 g/mol. The Kier molecular flexibility index (Phi) is 4.18. The van der Waals surface area contributed by atoms with Crippen molar-refractivity contribution in [3.8, 4) is 0 Å². The Morgan fingerprint density at radius 2 is 2.24 bits per heavy atom. The van der Waals surface area contributed by atoms with Gasteiger partial charge in [0.1, 0.15) is 5.76 Å². The summed E-state index contributed by atoms with van der Waals surface area (Å²) in [5, 5.41) is 3.57. The molecule has 0 aliphatic heterocycles. The van der Waals surface area contributed by atoms with Crippen LogP contribution in [0.3, 0.4) is 0 Å². The quantitative estimate of drug-likeness (QED) is 0.876. The van der Waals surface area contributed by atoms with Crippen LogP contribution in [-0.2, 0) is 4.74 Å². The molecule has 17 heavy (non-hydrogen) atoms. The van der Waals surface area contributed by atoms with Crippen molar-refractivity contribution in [1.82, 2.24) is 10.3 Å². The number of ether oxygens (including phenoxy) is 1. The van der Waals surface area contributed by atoms with Gasteiger partial charge in [-0.05, 0) is 26.7 Å². The molecule has 0 saturated heterocycles. The van der Waals surface area contributed by atoms with E-state index in [4.69, 9.17) is 9.15 Å². The Bertz CT molecular complexity index is 351. The molecule has 0 radical (unpaired) electrons. The van der Waals surface area contributed by atoms with E-state index < -0.39 is 0 Å². The van der Waals surface area contributed by atoms with Crippen molar-refractivity contribution >= 4 is 0 Å². The monoisotopic (exact) mass is 238 g/mol. The van der Waals surface area contributed by atoms with Crippen molar-refractivity contribution in [1.29, 1.82) is 0 Å². The molecule has 1 aromatic rings. The van der Waals surface area contributed by atoms with E-state index >= 15 is 0 Å². The lowest BCUT2D eigenvalue weighted by molar-refractivity contribution is 0.0372. The summed E-state index contributed by atoms with van der Waals surface area (Å²) in [6.07, 6.45) is 6.94. The Morgan fingerprint density at radius 3 is 2.88 bits per heavy atom. The number of aryl methyl sites for hydroxylation is 1. The lowest BCUT2D eigenvalue weighted by atomic mass is 9.92. The maximum Gasteiger partial charge on any atom is 0.211 e. The second-order valence-corrected chi connectivity index (χ2v) is 4.86. The second kappa shape index (κ2) is 5.65. The molecule has 1 fully saturated rings. The first-order chi connectivity index (χ1) is 8.20. The highest BCUT2D eigenvalue weighted by Gasteiger charge is 2.27. The van der Waals surface area contributed by atoms with E-state index in [0.29, 0.717) is 12.1 Å². The van der Waals surface area contributed by atoms with E-state index in [9.17, 15) is 0 Å². The molecule has 1 heterocycles. The number of nitrogens with zero attached hydrogens (tertiary/aromatic N) is 1. The van der Waals surface area contributed by atoms with Gasteiger partial charge in [-0.15, -0.1) is 0 Å². The van der Waals surface area contributed by atoms with Crippen LogP contribution in [0.4, 0.5) is 0 Å². The normalized spacial score (nSPS) is 27.0. The van der Waals surface area contributed by atoms with Gasteiger partial charge in [0.15, 0.2) is 0 Å². The second-order valence-electron chi connectivity index (χ2n) is 4.86. The highest BCUT2D eigenvalue weighted by Crippen LogP contribution is 2.23. The van der Waals surface area contributed by atoms with Gasteiger partial charge in [-0.1, -0.05) is 12.8 Å². The molecule has 1 aromatic heterocycles. The fraction of sp³-hybridized carbons (Fsp3) is 0.769. The molecule has 2 rings (SSSR count). The van der Waals surface area contributed by atoms with Crippen LogP contribution in [0.2, 0.25) is 0 Å². The molecule has 1 aliphatic rings. The van der Waals surface area contributed by atoms with Crippen LogP contribution in [0.25, 0.3) is 0 Å². The lowest BCUT2D eigenvalue weighted by Crippen LogP contribution is -2.44. The Labute approximate surface area is 103 Å². The standard InChI is InChI=1S/C13H22N2O2/c1-9-8-14-13(17-9)10(2)15-11-6-4-5-7-12(11)16-3/h8,10-12,15H,4-7H2,1-3H3. The molecule has 96 valence electrons. The summed E-state index contributed by atoms with van der Waals surface area (Å²) >= 11 is 0. The molecule has 1 N–H and O–H groups in total. The number of hydrogen-bond acceptors (Lipinski definition) is 4. The maximum atomic E-state index is 5.54. The van der Waals surface area contributed by atoms with E-state index in [1.807, 2.05) is 6.92 Å². The summed E-state index contributed by atoms with van der Waals surface area (Å²) in [6.45, 7) is 4.01. The third-order valence-electron chi connectivity index (χ3n) is 3.48. The number of oxazole rings is 1. The Balaban J connectivity index is 1.94. The first-order valence-electron chi connectivity index (χ1n) is 6.42. The molecule has 0 amide bonds. The highest BCUT2D eigenvalue weighted by molar-refractivity contribution is 4.96. The molecular weight excluding hydrogens is 216 g/mol. The minimum atomic E-state index is 0.143. The number of methoxy groups -OCH3 is 1. The first-order valence-corrected chi connectivity index (χ1v) is 6.42. The topological polar surface area (TPSA) is 47.3 Å². The van der Waals surface area contributed by atoms with Crippen LogP contribution in [0.15, 0.2) is 10.6 Å². The molecule has 1 aliphatic carbocycles. The van der Waals surface area contributed by atoms with Crippen molar-refractivity contribution in [3.05, 3.63) is 17.8 Å². The van der Waals surface area contributed by atoms with Gasteiger partial charge in [0.05, 0.1) is 18.3 Å². The van der Waals surface area contributed by atoms with Crippen LogP contribution in [0.1, 0.15) is 50.3 Å². The van der Waals surface area contributed by atoms with Gasteiger partial charge < -0.3 is 14.5 Å². The summed E-state index contributed by atoms with van der Waals surface area (Å²) < 4.78 is 11.1.